The third kappa shape index (κ3) is 2.96. The number of non-ortho nitro benzene ring substituents is 1. The zero-order valence-corrected chi connectivity index (χ0v) is 11.8. The average molecular weight is 312 g/mol. The van der Waals surface area contributed by atoms with E-state index in [4.69, 9.17) is 0 Å². The molecule has 1 amide bonds. The van der Waals surface area contributed by atoms with Crippen LogP contribution in [0.15, 0.2) is 18.2 Å². The lowest BCUT2D eigenvalue weighted by Crippen LogP contribution is -2.35. The van der Waals surface area contributed by atoms with Gasteiger partial charge in [-0.15, -0.1) is 12.4 Å². The molecule has 1 fully saturated rings. The molecule has 0 bridgehead atoms. The summed E-state index contributed by atoms with van der Waals surface area (Å²) in [4.78, 5) is 22.3. The van der Waals surface area contributed by atoms with Gasteiger partial charge in [-0.1, -0.05) is 0 Å². The Labute approximate surface area is 125 Å². The average Bonchev–Trinajstić information content (AvgIpc) is 3.08. The molecular weight excluding hydrogens is 298 g/mol. The topological polar surface area (TPSA) is 113 Å². The van der Waals surface area contributed by atoms with Gasteiger partial charge >= 0.3 is 0 Å². The smallest absolute Gasteiger partial charge is 0.270 e. The number of halogens is 1. The standard InChI is InChI=1S/C12H13N5O3.ClH/c18-12(10-2-1-5-13-10)14-11-8-6-7(17(19)20)3-4-9(8)15-16-11;/h3-4,6,10,13H,1-2,5H2,(H2,14,15,16,18);1H. The van der Waals surface area contributed by atoms with Crippen molar-refractivity contribution in [1.82, 2.24) is 15.5 Å². The Morgan fingerprint density at radius 3 is 2.95 bits per heavy atom. The molecule has 1 unspecified atom stereocenters. The zero-order chi connectivity index (χ0) is 14.1. The molecule has 1 aromatic heterocycles. The van der Waals surface area contributed by atoms with E-state index in [2.05, 4.69) is 20.8 Å². The minimum Gasteiger partial charge on any atom is -0.307 e. The molecule has 1 saturated heterocycles. The van der Waals surface area contributed by atoms with Gasteiger partial charge in [0.1, 0.15) is 0 Å². The first-order valence-corrected chi connectivity index (χ1v) is 6.32. The lowest BCUT2D eigenvalue weighted by molar-refractivity contribution is -0.384. The minimum absolute atomic E-state index is 0. The summed E-state index contributed by atoms with van der Waals surface area (Å²) in [5.41, 5.74) is 0.610. The van der Waals surface area contributed by atoms with Crippen LogP contribution in [0.2, 0.25) is 0 Å². The molecule has 3 rings (SSSR count). The number of nitro groups is 1. The van der Waals surface area contributed by atoms with E-state index < -0.39 is 4.92 Å². The van der Waals surface area contributed by atoms with E-state index >= 15 is 0 Å². The van der Waals surface area contributed by atoms with Gasteiger partial charge in [-0.05, 0) is 25.5 Å². The van der Waals surface area contributed by atoms with Crippen molar-refractivity contribution in [2.45, 2.75) is 18.9 Å². The van der Waals surface area contributed by atoms with Crippen LogP contribution in [-0.2, 0) is 4.79 Å². The molecule has 1 aliphatic heterocycles. The Hall–Kier alpha value is -2.19. The van der Waals surface area contributed by atoms with Gasteiger partial charge in [0.05, 0.1) is 21.9 Å². The van der Waals surface area contributed by atoms with Gasteiger partial charge in [0.2, 0.25) is 5.91 Å². The molecule has 0 spiro atoms. The molecule has 0 saturated carbocycles. The number of rotatable bonds is 3. The third-order valence-corrected chi connectivity index (χ3v) is 3.38. The van der Waals surface area contributed by atoms with E-state index in [1.165, 1.54) is 12.1 Å². The van der Waals surface area contributed by atoms with Gasteiger partial charge in [0.25, 0.3) is 5.69 Å². The SMILES string of the molecule is Cl.O=C(Nc1n[nH]c2ccc([N+](=O)[O-])cc12)C1CCCN1. The normalized spacial score (nSPS) is 17.4. The number of nitro benzene ring substituents is 1. The highest BCUT2D eigenvalue weighted by atomic mass is 35.5. The molecule has 3 N–H and O–H groups in total. The number of aromatic nitrogens is 2. The molecule has 8 nitrogen and oxygen atoms in total. The summed E-state index contributed by atoms with van der Waals surface area (Å²) in [5, 5.41) is 23.9. The number of hydrogen-bond donors (Lipinski definition) is 3. The monoisotopic (exact) mass is 311 g/mol. The van der Waals surface area contributed by atoms with Gasteiger partial charge in [-0.25, -0.2) is 0 Å². The second-order valence-corrected chi connectivity index (χ2v) is 4.70. The van der Waals surface area contributed by atoms with Crippen molar-refractivity contribution in [1.29, 1.82) is 0 Å². The number of fused-ring (bicyclic) bond motifs is 1. The molecule has 1 aliphatic rings. The Bertz CT molecular complexity index is 681. The number of nitrogens with one attached hydrogen (secondary N) is 3. The first-order chi connectivity index (χ1) is 9.65. The lowest BCUT2D eigenvalue weighted by Gasteiger charge is -2.09. The molecule has 2 heterocycles. The van der Waals surface area contributed by atoms with Crippen molar-refractivity contribution in [2.24, 2.45) is 0 Å². The predicted octanol–water partition coefficient (Wildman–Crippen LogP) is 1.58. The van der Waals surface area contributed by atoms with Crippen LogP contribution in [0.3, 0.4) is 0 Å². The van der Waals surface area contributed by atoms with Gasteiger partial charge in [0, 0.05) is 12.1 Å². The van der Waals surface area contributed by atoms with E-state index in [1.54, 1.807) is 6.07 Å². The molecule has 2 aromatic rings. The van der Waals surface area contributed by atoms with Gasteiger partial charge < -0.3 is 10.6 Å². The van der Waals surface area contributed by atoms with Crippen molar-refractivity contribution in [2.75, 3.05) is 11.9 Å². The van der Waals surface area contributed by atoms with Crippen LogP contribution in [0.1, 0.15) is 12.8 Å². The number of hydrogen-bond acceptors (Lipinski definition) is 5. The van der Waals surface area contributed by atoms with Crippen LogP contribution in [0.4, 0.5) is 11.5 Å². The summed E-state index contributed by atoms with van der Waals surface area (Å²) < 4.78 is 0. The summed E-state index contributed by atoms with van der Waals surface area (Å²) in [7, 11) is 0. The van der Waals surface area contributed by atoms with E-state index in [9.17, 15) is 14.9 Å². The van der Waals surface area contributed by atoms with Crippen LogP contribution in [0.5, 0.6) is 0 Å². The Morgan fingerprint density at radius 1 is 1.48 bits per heavy atom. The van der Waals surface area contributed by atoms with Crippen molar-refractivity contribution in [3.63, 3.8) is 0 Å². The van der Waals surface area contributed by atoms with Crippen molar-refractivity contribution < 1.29 is 9.72 Å². The fourth-order valence-electron chi connectivity index (χ4n) is 2.32. The number of H-pyrrole nitrogens is 1. The molecule has 9 heteroatoms. The van der Waals surface area contributed by atoms with E-state index in [0.717, 1.165) is 19.4 Å². The summed E-state index contributed by atoms with van der Waals surface area (Å²) in [6, 6.07) is 4.14. The van der Waals surface area contributed by atoms with Gasteiger partial charge in [-0.3, -0.25) is 20.0 Å². The van der Waals surface area contributed by atoms with Crippen LogP contribution in [0, 0.1) is 10.1 Å². The van der Waals surface area contributed by atoms with Crippen LogP contribution in [-0.4, -0.2) is 33.6 Å². The molecule has 1 aromatic carbocycles. The van der Waals surface area contributed by atoms with Crippen LogP contribution >= 0.6 is 12.4 Å². The van der Waals surface area contributed by atoms with Crippen molar-refractivity contribution >= 4 is 40.7 Å². The molecule has 0 aliphatic carbocycles. The van der Waals surface area contributed by atoms with E-state index in [1.807, 2.05) is 0 Å². The second-order valence-electron chi connectivity index (χ2n) is 4.70. The third-order valence-electron chi connectivity index (χ3n) is 3.38. The fraction of sp³-hybridized carbons (Fsp3) is 0.333. The number of carbonyl (C=O) groups excluding carboxylic acids is 1. The highest BCUT2D eigenvalue weighted by molar-refractivity contribution is 6.02. The van der Waals surface area contributed by atoms with Gasteiger partial charge in [-0.2, -0.15) is 5.10 Å². The molecule has 21 heavy (non-hydrogen) atoms. The number of amides is 1. The number of carbonyl (C=O) groups is 1. The van der Waals surface area contributed by atoms with Crippen molar-refractivity contribution in [3.8, 4) is 0 Å². The number of aromatic amines is 1. The molecular formula is C12H14ClN5O3. The Morgan fingerprint density at radius 2 is 2.29 bits per heavy atom. The minimum atomic E-state index is -0.476. The maximum Gasteiger partial charge on any atom is 0.270 e. The number of nitrogens with zero attached hydrogens (tertiary/aromatic N) is 2. The number of benzene rings is 1. The van der Waals surface area contributed by atoms with Crippen LogP contribution in [0.25, 0.3) is 10.9 Å². The molecule has 0 radical (unpaired) electrons. The maximum atomic E-state index is 12.0. The van der Waals surface area contributed by atoms with E-state index in [0.29, 0.717) is 16.7 Å². The van der Waals surface area contributed by atoms with Gasteiger partial charge in [0.15, 0.2) is 5.82 Å². The second kappa shape index (κ2) is 6.06. The largest absolute Gasteiger partial charge is 0.307 e. The molecule has 112 valence electrons. The first-order valence-electron chi connectivity index (χ1n) is 6.32. The predicted molar refractivity (Wildman–Crippen MR) is 79.7 cm³/mol. The van der Waals surface area contributed by atoms with Crippen molar-refractivity contribution in [3.05, 3.63) is 28.3 Å². The van der Waals surface area contributed by atoms with E-state index in [-0.39, 0.29) is 30.0 Å². The summed E-state index contributed by atoms with van der Waals surface area (Å²) >= 11 is 0. The number of anilines is 1. The highest BCUT2D eigenvalue weighted by Crippen LogP contribution is 2.25. The first kappa shape index (κ1) is 15.2. The highest BCUT2D eigenvalue weighted by Gasteiger charge is 2.23. The summed E-state index contributed by atoms with van der Waals surface area (Å²) in [6.07, 6.45) is 1.75. The Kier molecular flexibility index (Phi) is 4.39. The molecule has 1 atom stereocenters. The maximum absolute atomic E-state index is 12.0. The Balaban J connectivity index is 0.00000161. The summed E-state index contributed by atoms with van der Waals surface area (Å²) in [5.74, 6) is 0.157. The quantitative estimate of drug-likeness (QED) is 0.588. The fourth-order valence-corrected chi connectivity index (χ4v) is 2.32. The van der Waals surface area contributed by atoms with Crippen LogP contribution < -0.4 is 10.6 Å². The lowest BCUT2D eigenvalue weighted by atomic mass is 10.2. The summed E-state index contributed by atoms with van der Waals surface area (Å²) in [6.45, 7) is 0.824. The zero-order valence-electron chi connectivity index (χ0n) is 11.0.